The van der Waals surface area contributed by atoms with Gasteiger partial charge in [-0.1, -0.05) is 24.3 Å². The highest BCUT2D eigenvalue weighted by molar-refractivity contribution is 6.01. The van der Waals surface area contributed by atoms with Crippen molar-refractivity contribution in [1.29, 1.82) is 0 Å². The zero-order valence-corrected chi connectivity index (χ0v) is 13.7. The van der Waals surface area contributed by atoms with Gasteiger partial charge in [-0.05, 0) is 36.8 Å². The van der Waals surface area contributed by atoms with Crippen molar-refractivity contribution in [2.45, 2.75) is 19.8 Å². The van der Waals surface area contributed by atoms with Crippen molar-refractivity contribution in [3.8, 4) is 0 Å². The second-order valence-corrected chi connectivity index (χ2v) is 5.36. The Kier molecular flexibility index (Phi) is 5.84. The molecule has 0 heterocycles. The van der Waals surface area contributed by atoms with Gasteiger partial charge >= 0.3 is 5.97 Å². The molecule has 24 heavy (non-hydrogen) atoms. The van der Waals surface area contributed by atoms with Gasteiger partial charge in [0.2, 0.25) is 5.91 Å². The van der Waals surface area contributed by atoms with Gasteiger partial charge in [-0.15, -0.1) is 0 Å². The van der Waals surface area contributed by atoms with E-state index in [0.29, 0.717) is 16.8 Å². The molecule has 1 N–H and O–H groups in total. The Morgan fingerprint density at radius 1 is 0.958 bits per heavy atom. The maximum absolute atomic E-state index is 12.1. The van der Waals surface area contributed by atoms with Crippen molar-refractivity contribution < 1.29 is 19.1 Å². The van der Waals surface area contributed by atoms with Crippen LogP contribution in [0, 0.1) is 6.92 Å². The fraction of sp³-hybridized carbons (Fsp3) is 0.211. The molecule has 0 saturated carbocycles. The van der Waals surface area contributed by atoms with Crippen LogP contribution in [0.2, 0.25) is 0 Å². The third-order valence-electron chi connectivity index (χ3n) is 3.61. The average Bonchev–Trinajstić information content (AvgIpc) is 2.60. The maximum atomic E-state index is 12.1. The van der Waals surface area contributed by atoms with Crippen molar-refractivity contribution >= 4 is 23.3 Å². The highest BCUT2D eigenvalue weighted by atomic mass is 16.5. The molecule has 1 amide bonds. The lowest BCUT2D eigenvalue weighted by molar-refractivity contribution is -0.116. The number of carbonyl (C=O) groups excluding carboxylic acids is 3. The molecule has 0 fully saturated rings. The molecule has 2 aromatic carbocycles. The van der Waals surface area contributed by atoms with Gasteiger partial charge < -0.3 is 10.1 Å². The van der Waals surface area contributed by atoms with Gasteiger partial charge in [-0.25, -0.2) is 4.79 Å². The first kappa shape index (κ1) is 17.4. The van der Waals surface area contributed by atoms with Crippen LogP contribution in [-0.4, -0.2) is 24.8 Å². The van der Waals surface area contributed by atoms with E-state index in [0.717, 1.165) is 5.56 Å². The van der Waals surface area contributed by atoms with Crippen LogP contribution in [0.15, 0.2) is 48.5 Å². The number of carbonyl (C=O) groups is 3. The van der Waals surface area contributed by atoms with E-state index >= 15 is 0 Å². The number of benzene rings is 2. The van der Waals surface area contributed by atoms with Crippen LogP contribution >= 0.6 is 0 Å². The summed E-state index contributed by atoms with van der Waals surface area (Å²) in [6, 6.07) is 13.7. The molecule has 0 aromatic heterocycles. The van der Waals surface area contributed by atoms with Crippen molar-refractivity contribution in [2.75, 3.05) is 12.4 Å². The van der Waals surface area contributed by atoms with E-state index in [2.05, 4.69) is 10.1 Å². The molecule has 0 aliphatic carbocycles. The molecule has 0 aliphatic heterocycles. The van der Waals surface area contributed by atoms with Crippen molar-refractivity contribution in [1.82, 2.24) is 0 Å². The third kappa shape index (κ3) is 4.52. The first-order valence-electron chi connectivity index (χ1n) is 7.58. The molecule has 0 bridgehead atoms. The molecular weight excluding hydrogens is 306 g/mol. The Hall–Kier alpha value is -2.95. The van der Waals surface area contributed by atoms with Crippen LogP contribution in [0.1, 0.15) is 39.1 Å². The van der Waals surface area contributed by atoms with E-state index in [1.54, 1.807) is 30.3 Å². The molecule has 124 valence electrons. The number of aryl methyl sites for hydroxylation is 1. The monoisotopic (exact) mass is 325 g/mol. The largest absolute Gasteiger partial charge is 0.465 e. The smallest absolute Gasteiger partial charge is 0.337 e. The Morgan fingerprint density at radius 2 is 1.62 bits per heavy atom. The summed E-state index contributed by atoms with van der Waals surface area (Å²) in [5.74, 6) is -0.733. The Labute approximate surface area is 140 Å². The lowest BCUT2D eigenvalue weighted by Gasteiger charge is -2.07. The number of esters is 1. The Balaban J connectivity index is 1.88. The van der Waals surface area contributed by atoms with Crippen molar-refractivity contribution in [3.05, 3.63) is 65.2 Å². The van der Waals surface area contributed by atoms with Crippen LogP contribution in [0.4, 0.5) is 5.69 Å². The van der Waals surface area contributed by atoms with Crippen molar-refractivity contribution in [2.24, 2.45) is 0 Å². The number of hydrogen-bond acceptors (Lipinski definition) is 4. The molecule has 0 radical (unpaired) electrons. The highest BCUT2D eigenvalue weighted by Crippen LogP contribution is 2.13. The zero-order chi connectivity index (χ0) is 17.5. The van der Waals surface area contributed by atoms with E-state index in [-0.39, 0.29) is 24.5 Å². The lowest BCUT2D eigenvalue weighted by Crippen LogP contribution is -2.14. The molecule has 0 atom stereocenters. The summed E-state index contributed by atoms with van der Waals surface area (Å²) in [7, 11) is 1.31. The minimum atomic E-state index is -0.434. The number of methoxy groups -OCH3 is 1. The van der Waals surface area contributed by atoms with Gasteiger partial charge in [0.1, 0.15) is 0 Å². The summed E-state index contributed by atoms with van der Waals surface area (Å²) < 4.78 is 4.61. The molecule has 0 unspecified atom stereocenters. The quantitative estimate of drug-likeness (QED) is 0.653. The molecule has 5 heteroatoms. The molecule has 2 rings (SSSR count). The Morgan fingerprint density at radius 3 is 2.25 bits per heavy atom. The standard InChI is InChI=1S/C19H19NO4/c1-13-5-3-4-6-16(13)17(21)11-12-18(22)20-15-9-7-14(8-10-15)19(23)24-2/h3-10H,11-12H2,1-2H3,(H,20,22). The maximum Gasteiger partial charge on any atom is 0.337 e. The summed E-state index contributed by atoms with van der Waals surface area (Å²) in [6.45, 7) is 1.87. The van der Waals surface area contributed by atoms with Gasteiger partial charge in [0.05, 0.1) is 12.7 Å². The number of nitrogens with one attached hydrogen (secondary N) is 1. The van der Waals surface area contributed by atoms with Crippen LogP contribution in [0.25, 0.3) is 0 Å². The SMILES string of the molecule is COC(=O)c1ccc(NC(=O)CCC(=O)c2ccccc2C)cc1. The molecular formula is C19H19NO4. The number of amides is 1. The molecule has 2 aromatic rings. The summed E-state index contributed by atoms with van der Waals surface area (Å²) in [4.78, 5) is 35.4. The number of hydrogen-bond donors (Lipinski definition) is 1. The van der Waals surface area contributed by atoms with Gasteiger partial charge in [-0.3, -0.25) is 9.59 Å². The fourth-order valence-corrected chi connectivity index (χ4v) is 2.28. The predicted molar refractivity (Wildman–Crippen MR) is 91.2 cm³/mol. The molecule has 5 nitrogen and oxygen atoms in total. The van der Waals surface area contributed by atoms with Gasteiger partial charge in [0.25, 0.3) is 0 Å². The molecule has 0 aliphatic rings. The fourth-order valence-electron chi connectivity index (χ4n) is 2.28. The minimum Gasteiger partial charge on any atom is -0.465 e. The molecule has 0 spiro atoms. The first-order chi connectivity index (χ1) is 11.5. The first-order valence-corrected chi connectivity index (χ1v) is 7.58. The second kappa shape index (κ2) is 8.06. The number of rotatable bonds is 6. The van der Waals surface area contributed by atoms with Crippen LogP contribution in [-0.2, 0) is 9.53 Å². The molecule has 0 saturated heterocycles. The number of Topliss-reactive ketones (excluding diaryl/α,β-unsaturated/α-hetero) is 1. The van der Waals surface area contributed by atoms with Gasteiger partial charge in [0.15, 0.2) is 5.78 Å². The Bertz CT molecular complexity index is 750. The van der Waals surface area contributed by atoms with E-state index in [9.17, 15) is 14.4 Å². The van der Waals surface area contributed by atoms with E-state index in [1.165, 1.54) is 7.11 Å². The normalized spacial score (nSPS) is 10.1. The van der Waals surface area contributed by atoms with E-state index < -0.39 is 5.97 Å². The summed E-state index contributed by atoms with van der Waals surface area (Å²) in [6.07, 6.45) is 0.253. The number of ketones is 1. The van der Waals surface area contributed by atoms with Gasteiger partial charge in [-0.2, -0.15) is 0 Å². The van der Waals surface area contributed by atoms with Gasteiger partial charge in [0, 0.05) is 24.1 Å². The van der Waals surface area contributed by atoms with Crippen LogP contribution in [0.3, 0.4) is 0 Å². The summed E-state index contributed by atoms with van der Waals surface area (Å²) in [5.41, 5.74) is 2.52. The predicted octanol–water partition coefficient (Wildman–Crippen LogP) is 3.38. The topological polar surface area (TPSA) is 72.5 Å². The minimum absolute atomic E-state index is 0.0516. The number of anilines is 1. The number of ether oxygens (including phenoxy) is 1. The van der Waals surface area contributed by atoms with E-state index in [4.69, 9.17) is 0 Å². The second-order valence-electron chi connectivity index (χ2n) is 5.36. The third-order valence-corrected chi connectivity index (χ3v) is 3.61. The van der Waals surface area contributed by atoms with Crippen LogP contribution < -0.4 is 5.32 Å². The van der Waals surface area contributed by atoms with Crippen molar-refractivity contribution in [3.63, 3.8) is 0 Å². The summed E-state index contributed by atoms with van der Waals surface area (Å²) in [5, 5.41) is 2.70. The van der Waals surface area contributed by atoms with Crippen LogP contribution in [0.5, 0.6) is 0 Å². The summed E-state index contributed by atoms with van der Waals surface area (Å²) >= 11 is 0. The zero-order valence-electron chi connectivity index (χ0n) is 13.7. The average molecular weight is 325 g/mol. The van der Waals surface area contributed by atoms with E-state index in [1.807, 2.05) is 25.1 Å². The lowest BCUT2D eigenvalue weighted by atomic mass is 10.0. The highest BCUT2D eigenvalue weighted by Gasteiger charge is 2.11.